The predicted octanol–water partition coefficient (Wildman–Crippen LogP) is 2.17. The van der Waals surface area contributed by atoms with Gasteiger partial charge in [0.15, 0.2) is 5.69 Å². The fraction of sp³-hybridized carbons (Fsp3) is 0.200. The summed E-state index contributed by atoms with van der Waals surface area (Å²) in [6.45, 7) is 0.541. The van der Waals surface area contributed by atoms with E-state index >= 15 is 0 Å². The van der Waals surface area contributed by atoms with Crippen LogP contribution >= 0.6 is 27.3 Å². The van der Waals surface area contributed by atoms with Crippen LogP contribution in [0.15, 0.2) is 28.2 Å². The molecule has 2 aromatic rings. The molecule has 0 aliphatic heterocycles. The number of rotatable bonds is 3. The van der Waals surface area contributed by atoms with Gasteiger partial charge in [-0.05, 0) is 27.4 Å². The molecule has 0 saturated heterocycles. The van der Waals surface area contributed by atoms with Crippen molar-refractivity contribution in [2.45, 2.75) is 6.54 Å². The number of amides is 1. The molecule has 84 valence electrons. The lowest BCUT2D eigenvalue weighted by Gasteiger charge is -2.00. The lowest BCUT2D eigenvalue weighted by Crippen LogP contribution is -2.23. The molecule has 0 aliphatic rings. The molecule has 0 fully saturated rings. The summed E-state index contributed by atoms with van der Waals surface area (Å²) in [6, 6.07) is 3.95. The van der Waals surface area contributed by atoms with Gasteiger partial charge < -0.3 is 5.32 Å². The zero-order valence-electron chi connectivity index (χ0n) is 8.61. The first-order chi connectivity index (χ1) is 7.66. The predicted molar refractivity (Wildman–Crippen MR) is 66.4 cm³/mol. The topological polar surface area (TPSA) is 46.9 Å². The van der Waals surface area contributed by atoms with Crippen LogP contribution in [0.4, 0.5) is 0 Å². The largest absolute Gasteiger partial charge is 0.346 e. The van der Waals surface area contributed by atoms with E-state index in [9.17, 15) is 4.79 Å². The second-order valence-electron chi connectivity index (χ2n) is 3.26. The minimum absolute atomic E-state index is 0.166. The average Bonchev–Trinajstić information content (AvgIpc) is 2.84. The molecule has 2 heterocycles. The molecule has 0 aliphatic carbocycles. The Hall–Kier alpha value is -1.14. The molecule has 0 bridgehead atoms. The van der Waals surface area contributed by atoms with E-state index in [0.717, 1.165) is 4.88 Å². The molecular formula is C10H10BrN3OS. The van der Waals surface area contributed by atoms with Crippen LogP contribution in [0.25, 0.3) is 0 Å². The average molecular weight is 300 g/mol. The quantitative estimate of drug-likeness (QED) is 0.944. The number of hydrogen-bond acceptors (Lipinski definition) is 3. The minimum Gasteiger partial charge on any atom is -0.346 e. The summed E-state index contributed by atoms with van der Waals surface area (Å²) >= 11 is 4.91. The number of carbonyl (C=O) groups is 1. The normalized spacial score (nSPS) is 10.4. The summed E-state index contributed by atoms with van der Waals surface area (Å²) < 4.78 is 2.31. The monoisotopic (exact) mass is 299 g/mol. The van der Waals surface area contributed by atoms with Crippen molar-refractivity contribution in [1.82, 2.24) is 15.1 Å². The van der Waals surface area contributed by atoms with Gasteiger partial charge in [-0.3, -0.25) is 9.48 Å². The van der Waals surface area contributed by atoms with Crippen molar-refractivity contribution >= 4 is 33.2 Å². The van der Waals surface area contributed by atoms with Gasteiger partial charge >= 0.3 is 0 Å². The fourth-order valence-electron chi connectivity index (χ4n) is 1.28. The second kappa shape index (κ2) is 4.80. The Morgan fingerprint density at radius 2 is 2.50 bits per heavy atom. The molecule has 0 spiro atoms. The number of nitrogens with one attached hydrogen (secondary N) is 1. The van der Waals surface area contributed by atoms with Crippen molar-refractivity contribution in [2.75, 3.05) is 0 Å². The molecule has 1 N–H and O–H groups in total. The van der Waals surface area contributed by atoms with Crippen molar-refractivity contribution in [3.63, 3.8) is 0 Å². The van der Waals surface area contributed by atoms with Crippen molar-refractivity contribution in [2.24, 2.45) is 7.05 Å². The Bertz CT molecular complexity index is 492. The molecule has 1 amide bonds. The van der Waals surface area contributed by atoms with Crippen LogP contribution in [-0.4, -0.2) is 15.7 Å². The van der Waals surface area contributed by atoms with E-state index in [0.29, 0.717) is 16.7 Å². The molecule has 0 saturated carbocycles. The molecule has 0 unspecified atom stereocenters. The summed E-state index contributed by atoms with van der Waals surface area (Å²) in [5.41, 5.74) is 0.416. The van der Waals surface area contributed by atoms with Crippen LogP contribution in [0.2, 0.25) is 0 Å². The first kappa shape index (κ1) is 11.3. The lowest BCUT2D eigenvalue weighted by molar-refractivity contribution is 0.0945. The maximum absolute atomic E-state index is 11.8. The van der Waals surface area contributed by atoms with E-state index in [2.05, 4.69) is 26.3 Å². The number of thiophene rings is 1. The molecular weight excluding hydrogens is 290 g/mol. The van der Waals surface area contributed by atoms with E-state index in [4.69, 9.17) is 0 Å². The van der Waals surface area contributed by atoms with Crippen molar-refractivity contribution in [3.05, 3.63) is 38.8 Å². The Labute approximate surface area is 105 Å². The molecule has 0 radical (unpaired) electrons. The van der Waals surface area contributed by atoms with Gasteiger partial charge in [0.1, 0.15) is 0 Å². The number of hydrogen-bond donors (Lipinski definition) is 1. The van der Waals surface area contributed by atoms with Gasteiger partial charge in [-0.25, -0.2) is 0 Å². The standard InChI is InChI=1S/C10H10BrN3OS/c1-14-6-8(11)9(13-14)10(15)12-5-7-3-2-4-16-7/h2-4,6H,5H2,1H3,(H,12,15). The second-order valence-corrected chi connectivity index (χ2v) is 5.15. The van der Waals surface area contributed by atoms with Crippen LogP contribution in [0.5, 0.6) is 0 Å². The number of aryl methyl sites for hydroxylation is 1. The third-order valence-corrected chi connectivity index (χ3v) is 3.46. The SMILES string of the molecule is Cn1cc(Br)c(C(=O)NCc2cccs2)n1. The van der Waals surface area contributed by atoms with E-state index in [1.807, 2.05) is 17.5 Å². The number of carbonyl (C=O) groups excluding carboxylic acids is 1. The van der Waals surface area contributed by atoms with Gasteiger partial charge in [0, 0.05) is 18.1 Å². The van der Waals surface area contributed by atoms with Crippen molar-refractivity contribution in [1.29, 1.82) is 0 Å². The van der Waals surface area contributed by atoms with Gasteiger partial charge in [-0.2, -0.15) is 5.10 Å². The molecule has 0 atom stereocenters. The number of halogens is 1. The molecule has 2 aromatic heterocycles. The van der Waals surface area contributed by atoms with Crippen LogP contribution in [0.3, 0.4) is 0 Å². The maximum atomic E-state index is 11.8. The highest BCUT2D eigenvalue weighted by molar-refractivity contribution is 9.10. The Morgan fingerprint density at radius 3 is 3.06 bits per heavy atom. The van der Waals surface area contributed by atoms with E-state index < -0.39 is 0 Å². The fourth-order valence-corrected chi connectivity index (χ4v) is 2.48. The smallest absolute Gasteiger partial charge is 0.273 e. The van der Waals surface area contributed by atoms with Gasteiger partial charge in [0.05, 0.1) is 11.0 Å². The van der Waals surface area contributed by atoms with E-state index in [1.165, 1.54) is 0 Å². The van der Waals surface area contributed by atoms with Gasteiger partial charge in [0.25, 0.3) is 5.91 Å². The number of nitrogens with zero attached hydrogens (tertiary/aromatic N) is 2. The van der Waals surface area contributed by atoms with Crippen LogP contribution in [-0.2, 0) is 13.6 Å². The molecule has 4 nitrogen and oxygen atoms in total. The van der Waals surface area contributed by atoms with Crippen LogP contribution in [0.1, 0.15) is 15.4 Å². The zero-order valence-corrected chi connectivity index (χ0v) is 11.0. The Kier molecular flexibility index (Phi) is 3.40. The highest BCUT2D eigenvalue weighted by atomic mass is 79.9. The van der Waals surface area contributed by atoms with Gasteiger partial charge in [-0.15, -0.1) is 11.3 Å². The van der Waals surface area contributed by atoms with E-state index in [1.54, 1.807) is 29.3 Å². The highest BCUT2D eigenvalue weighted by Crippen LogP contribution is 2.14. The van der Waals surface area contributed by atoms with Crippen molar-refractivity contribution in [3.8, 4) is 0 Å². The summed E-state index contributed by atoms with van der Waals surface area (Å²) in [5, 5.41) is 8.88. The third kappa shape index (κ3) is 2.51. The first-order valence-electron chi connectivity index (χ1n) is 4.66. The lowest BCUT2D eigenvalue weighted by atomic mass is 10.4. The number of aromatic nitrogens is 2. The van der Waals surface area contributed by atoms with Crippen LogP contribution < -0.4 is 5.32 Å². The molecule has 0 aromatic carbocycles. The van der Waals surface area contributed by atoms with E-state index in [-0.39, 0.29) is 5.91 Å². The summed E-state index contributed by atoms with van der Waals surface area (Å²) in [4.78, 5) is 12.9. The highest BCUT2D eigenvalue weighted by Gasteiger charge is 2.13. The zero-order chi connectivity index (χ0) is 11.5. The maximum Gasteiger partial charge on any atom is 0.273 e. The summed E-state index contributed by atoms with van der Waals surface area (Å²) in [6.07, 6.45) is 1.75. The van der Waals surface area contributed by atoms with Gasteiger partial charge in [0.2, 0.25) is 0 Å². The van der Waals surface area contributed by atoms with Crippen molar-refractivity contribution < 1.29 is 4.79 Å². The van der Waals surface area contributed by atoms with Crippen LogP contribution in [0, 0.1) is 0 Å². The Balaban J connectivity index is 2.01. The Morgan fingerprint density at radius 1 is 1.69 bits per heavy atom. The minimum atomic E-state index is -0.166. The first-order valence-corrected chi connectivity index (χ1v) is 6.34. The molecule has 6 heteroatoms. The molecule has 16 heavy (non-hydrogen) atoms. The third-order valence-electron chi connectivity index (χ3n) is 2.00. The molecule has 2 rings (SSSR count). The van der Waals surface area contributed by atoms with Gasteiger partial charge in [-0.1, -0.05) is 6.07 Å². The summed E-state index contributed by atoms with van der Waals surface area (Å²) in [7, 11) is 1.78. The summed E-state index contributed by atoms with van der Waals surface area (Å²) in [5.74, 6) is -0.166.